The Hall–Kier alpha value is -2.96. The number of aromatic nitrogens is 3. The molecule has 3 heterocycles. The highest BCUT2D eigenvalue weighted by molar-refractivity contribution is 9.13. The molecule has 0 bridgehead atoms. The van der Waals surface area contributed by atoms with Crippen LogP contribution in [0.1, 0.15) is 26.5 Å². The second-order valence-corrected chi connectivity index (χ2v) is 8.96. The number of thiazole rings is 1. The van der Waals surface area contributed by atoms with E-state index >= 15 is 0 Å². The predicted octanol–water partition coefficient (Wildman–Crippen LogP) is 4.15. The summed E-state index contributed by atoms with van der Waals surface area (Å²) in [5, 5.41) is 12.3. The van der Waals surface area contributed by atoms with Crippen LogP contribution in [0.4, 0.5) is 5.13 Å². The number of ether oxygens (including phenoxy) is 1. The summed E-state index contributed by atoms with van der Waals surface area (Å²) in [5.74, 6) is -1.35. The summed E-state index contributed by atoms with van der Waals surface area (Å²) in [4.78, 5) is 46.1. The van der Waals surface area contributed by atoms with Crippen LogP contribution in [0.3, 0.4) is 0 Å². The number of benzene rings is 1. The summed E-state index contributed by atoms with van der Waals surface area (Å²) < 4.78 is 7.28. The summed E-state index contributed by atoms with van der Waals surface area (Å²) in [6.07, 6.45) is 1.13. The highest BCUT2D eigenvalue weighted by Crippen LogP contribution is 2.28. The van der Waals surface area contributed by atoms with Gasteiger partial charge in [-0.2, -0.15) is 0 Å². The van der Waals surface area contributed by atoms with Gasteiger partial charge in [-0.1, -0.05) is 11.3 Å². The minimum atomic E-state index is -0.587. The standard InChI is InChI=1S/C19H12Br2N4O5S/c20-10-5-12(23-16(10)21)17(28)25-19-24-11-2-1-8(3-15(11)31-19)18(29)30-7-9-4-13(26)14(27)6-22-9/h1-6,23,27H,7H2,(H,22,26)(H,24,25,28). The zero-order chi connectivity index (χ0) is 22.1. The van der Waals surface area contributed by atoms with Gasteiger partial charge in [0, 0.05) is 12.3 Å². The molecule has 0 saturated carbocycles. The van der Waals surface area contributed by atoms with Crippen LogP contribution < -0.4 is 10.7 Å². The molecule has 0 radical (unpaired) electrons. The van der Waals surface area contributed by atoms with Crippen LogP contribution in [-0.2, 0) is 11.3 Å². The SMILES string of the molecule is O=C(OCc1cc(=O)c(O)c[nH]1)c1ccc2nc(NC(=O)c3cc(Br)c(Br)[nH]3)sc2c1. The number of fused-ring (bicyclic) bond motifs is 1. The van der Waals surface area contributed by atoms with E-state index in [0.29, 0.717) is 36.9 Å². The number of rotatable bonds is 5. The molecule has 12 heteroatoms. The molecule has 0 aliphatic heterocycles. The van der Waals surface area contributed by atoms with E-state index in [1.54, 1.807) is 24.3 Å². The van der Waals surface area contributed by atoms with Gasteiger partial charge in [-0.3, -0.25) is 14.9 Å². The van der Waals surface area contributed by atoms with Gasteiger partial charge in [-0.15, -0.1) is 0 Å². The molecule has 0 fully saturated rings. The van der Waals surface area contributed by atoms with Gasteiger partial charge in [0.2, 0.25) is 5.43 Å². The number of H-pyrrole nitrogens is 2. The smallest absolute Gasteiger partial charge is 0.338 e. The average molecular weight is 568 g/mol. The number of carbonyl (C=O) groups is 2. The van der Waals surface area contributed by atoms with Crippen molar-refractivity contribution >= 4 is 70.4 Å². The van der Waals surface area contributed by atoms with Crippen LogP contribution in [0.15, 0.2) is 50.4 Å². The Kier molecular flexibility index (Phi) is 5.94. The Morgan fingerprint density at radius 1 is 1.23 bits per heavy atom. The molecule has 1 aromatic carbocycles. The van der Waals surface area contributed by atoms with E-state index in [9.17, 15) is 19.5 Å². The number of nitrogens with zero attached hydrogens (tertiary/aromatic N) is 1. The van der Waals surface area contributed by atoms with Crippen LogP contribution >= 0.6 is 43.2 Å². The Labute approximate surface area is 194 Å². The molecule has 31 heavy (non-hydrogen) atoms. The first-order valence-corrected chi connectivity index (χ1v) is 11.0. The zero-order valence-electron chi connectivity index (χ0n) is 15.4. The fourth-order valence-electron chi connectivity index (χ4n) is 2.61. The number of aromatic hydroxyl groups is 1. The molecule has 0 spiro atoms. The average Bonchev–Trinajstić information content (AvgIpc) is 3.30. The van der Waals surface area contributed by atoms with E-state index in [1.165, 1.54) is 11.3 Å². The maximum Gasteiger partial charge on any atom is 0.338 e. The lowest BCUT2D eigenvalue weighted by molar-refractivity contribution is 0.0467. The Morgan fingerprint density at radius 3 is 2.74 bits per heavy atom. The van der Waals surface area contributed by atoms with E-state index in [1.807, 2.05) is 0 Å². The number of amides is 1. The van der Waals surface area contributed by atoms with E-state index in [-0.39, 0.29) is 12.5 Å². The Balaban J connectivity index is 1.46. The summed E-state index contributed by atoms with van der Waals surface area (Å²) in [6.45, 7) is -0.155. The van der Waals surface area contributed by atoms with Gasteiger partial charge in [0.1, 0.15) is 12.3 Å². The van der Waals surface area contributed by atoms with Gasteiger partial charge in [0.25, 0.3) is 5.91 Å². The predicted molar refractivity (Wildman–Crippen MR) is 122 cm³/mol. The third-order valence-corrected chi connectivity index (χ3v) is 6.84. The number of pyridine rings is 1. The molecule has 158 valence electrons. The maximum absolute atomic E-state index is 12.4. The molecular weight excluding hydrogens is 556 g/mol. The lowest BCUT2D eigenvalue weighted by Crippen LogP contribution is -2.11. The van der Waals surface area contributed by atoms with Crippen LogP contribution in [0.2, 0.25) is 0 Å². The monoisotopic (exact) mass is 566 g/mol. The highest BCUT2D eigenvalue weighted by Gasteiger charge is 2.15. The Bertz CT molecular complexity index is 1360. The van der Waals surface area contributed by atoms with E-state index in [0.717, 1.165) is 16.7 Å². The molecule has 9 nitrogen and oxygen atoms in total. The molecule has 1 amide bonds. The quantitative estimate of drug-likeness (QED) is 0.267. The number of hydrogen-bond donors (Lipinski definition) is 4. The second-order valence-electron chi connectivity index (χ2n) is 6.28. The zero-order valence-corrected chi connectivity index (χ0v) is 19.4. The topological polar surface area (TPSA) is 137 Å². The van der Waals surface area contributed by atoms with Gasteiger partial charge in [-0.25, -0.2) is 9.78 Å². The molecule has 0 aliphatic rings. The van der Waals surface area contributed by atoms with E-state index in [4.69, 9.17) is 4.74 Å². The van der Waals surface area contributed by atoms with Gasteiger partial charge in [0.15, 0.2) is 10.9 Å². The number of carbonyl (C=O) groups excluding carboxylic acids is 2. The molecule has 0 atom stereocenters. The lowest BCUT2D eigenvalue weighted by atomic mass is 10.2. The fourth-order valence-corrected chi connectivity index (χ4v) is 4.17. The van der Waals surface area contributed by atoms with E-state index < -0.39 is 17.1 Å². The molecule has 0 saturated heterocycles. The second kappa shape index (κ2) is 8.65. The lowest BCUT2D eigenvalue weighted by Gasteiger charge is -2.05. The van der Waals surface area contributed by atoms with Crippen molar-refractivity contribution in [1.82, 2.24) is 15.0 Å². The fraction of sp³-hybridized carbons (Fsp3) is 0.0526. The number of aromatic amines is 2. The summed E-state index contributed by atoms with van der Waals surface area (Å²) in [5.41, 5.74) is 1.06. The van der Waals surface area contributed by atoms with Crippen LogP contribution in [0.25, 0.3) is 10.2 Å². The Morgan fingerprint density at radius 2 is 2.03 bits per heavy atom. The number of hydrogen-bond acceptors (Lipinski definition) is 7. The third-order valence-electron chi connectivity index (χ3n) is 4.13. The van der Waals surface area contributed by atoms with Gasteiger partial charge < -0.3 is 19.8 Å². The number of anilines is 1. The van der Waals surface area contributed by atoms with E-state index in [2.05, 4.69) is 52.1 Å². The van der Waals surface area contributed by atoms with Crippen LogP contribution in [0, 0.1) is 0 Å². The van der Waals surface area contributed by atoms with Gasteiger partial charge >= 0.3 is 5.97 Å². The molecule has 3 aromatic heterocycles. The largest absolute Gasteiger partial charge is 0.503 e. The summed E-state index contributed by atoms with van der Waals surface area (Å²) in [6, 6.07) is 7.64. The first-order chi connectivity index (χ1) is 14.8. The van der Waals surface area contributed by atoms with Crippen molar-refractivity contribution in [3.8, 4) is 5.75 Å². The van der Waals surface area contributed by atoms with Gasteiger partial charge in [0.05, 0.1) is 30.5 Å². The molecule has 4 N–H and O–H groups in total. The minimum Gasteiger partial charge on any atom is -0.503 e. The number of halogens is 2. The van der Waals surface area contributed by atoms with Gasteiger partial charge in [-0.05, 0) is 56.1 Å². The van der Waals surface area contributed by atoms with Crippen molar-refractivity contribution in [2.45, 2.75) is 6.61 Å². The maximum atomic E-state index is 12.4. The van der Waals surface area contributed by atoms with Crippen molar-refractivity contribution in [2.75, 3.05) is 5.32 Å². The highest BCUT2D eigenvalue weighted by atomic mass is 79.9. The number of nitrogens with one attached hydrogen (secondary N) is 3. The third kappa shape index (κ3) is 4.70. The number of esters is 1. The van der Waals surface area contributed by atoms with Crippen LogP contribution in [-0.4, -0.2) is 31.9 Å². The molecule has 0 aliphatic carbocycles. The van der Waals surface area contributed by atoms with Crippen LogP contribution in [0.5, 0.6) is 5.75 Å². The van der Waals surface area contributed by atoms with Crippen molar-refractivity contribution in [1.29, 1.82) is 0 Å². The van der Waals surface area contributed by atoms with Crippen molar-refractivity contribution in [3.63, 3.8) is 0 Å². The van der Waals surface area contributed by atoms with Crippen molar-refractivity contribution in [2.24, 2.45) is 0 Å². The van der Waals surface area contributed by atoms with Crippen molar-refractivity contribution < 1.29 is 19.4 Å². The molecule has 4 aromatic rings. The summed E-state index contributed by atoms with van der Waals surface area (Å²) in [7, 11) is 0. The molecular formula is C19H12Br2N4O5S. The normalized spacial score (nSPS) is 10.9. The molecule has 0 unspecified atom stereocenters. The first-order valence-electron chi connectivity index (χ1n) is 8.64. The first kappa shape index (κ1) is 21.3. The minimum absolute atomic E-state index is 0.155. The van der Waals surface area contributed by atoms with Crippen molar-refractivity contribution in [3.05, 3.63) is 72.8 Å². The molecule has 4 rings (SSSR count). The summed E-state index contributed by atoms with van der Waals surface area (Å²) >= 11 is 7.81.